The number of hydrogen-bond acceptors (Lipinski definition) is 3. The van der Waals surface area contributed by atoms with E-state index in [0.29, 0.717) is 0 Å². The fourth-order valence-corrected chi connectivity index (χ4v) is 2.91. The van der Waals surface area contributed by atoms with Crippen molar-refractivity contribution >= 4 is 11.3 Å². The fraction of sp³-hybridized carbons (Fsp3) is 0.438. The average molecular weight is 274 g/mol. The highest BCUT2D eigenvalue weighted by atomic mass is 32.1. The van der Waals surface area contributed by atoms with Crippen LogP contribution in [0.4, 0.5) is 0 Å². The monoisotopic (exact) mass is 274 g/mol. The smallest absolute Gasteiger partial charge is 0.0972 e. The van der Waals surface area contributed by atoms with Crippen molar-refractivity contribution < 1.29 is 0 Å². The molecule has 0 fully saturated rings. The molecule has 0 aliphatic carbocycles. The van der Waals surface area contributed by atoms with Gasteiger partial charge < -0.3 is 5.32 Å². The molecular weight excluding hydrogens is 252 g/mol. The number of rotatable bonds is 6. The van der Waals surface area contributed by atoms with Crippen LogP contribution >= 0.6 is 11.3 Å². The number of benzene rings is 1. The maximum absolute atomic E-state index is 4.52. The molecule has 3 heteroatoms. The predicted molar refractivity (Wildman–Crippen MR) is 82.8 cm³/mol. The number of aromatic nitrogens is 1. The van der Waals surface area contributed by atoms with Crippen LogP contribution < -0.4 is 5.32 Å². The molecule has 1 heterocycles. The normalized spacial score (nSPS) is 10.9. The van der Waals surface area contributed by atoms with Crippen LogP contribution in [-0.2, 0) is 13.0 Å². The van der Waals surface area contributed by atoms with Gasteiger partial charge >= 0.3 is 0 Å². The van der Waals surface area contributed by atoms with Gasteiger partial charge in [0.1, 0.15) is 0 Å². The molecule has 0 aliphatic rings. The van der Waals surface area contributed by atoms with Gasteiger partial charge in [0.25, 0.3) is 0 Å². The van der Waals surface area contributed by atoms with Crippen molar-refractivity contribution in [2.45, 2.75) is 40.2 Å². The van der Waals surface area contributed by atoms with Crippen LogP contribution in [0.25, 0.3) is 0 Å². The third kappa shape index (κ3) is 4.15. The van der Waals surface area contributed by atoms with E-state index in [9.17, 15) is 0 Å². The number of hydrogen-bond donors (Lipinski definition) is 1. The predicted octanol–water partition coefficient (Wildman–Crippen LogP) is 3.85. The van der Waals surface area contributed by atoms with Crippen LogP contribution in [0.15, 0.2) is 24.4 Å². The molecule has 2 aromatic rings. The Hall–Kier alpha value is -1.19. The van der Waals surface area contributed by atoms with Gasteiger partial charge in [-0.15, -0.1) is 11.3 Å². The second-order valence-corrected chi connectivity index (χ2v) is 6.19. The van der Waals surface area contributed by atoms with Crippen molar-refractivity contribution in [2.24, 2.45) is 0 Å². The Morgan fingerprint density at radius 1 is 1.21 bits per heavy atom. The summed E-state index contributed by atoms with van der Waals surface area (Å²) in [7, 11) is 0. The average Bonchev–Trinajstić information content (AvgIpc) is 2.82. The first-order chi connectivity index (χ1) is 9.19. The van der Waals surface area contributed by atoms with Crippen LogP contribution in [0.2, 0.25) is 0 Å². The van der Waals surface area contributed by atoms with E-state index in [1.807, 2.05) is 17.5 Å². The topological polar surface area (TPSA) is 24.9 Å². The molecular formula is C16H22N2S. The quantitative estimate of drug-likeness (QED) is 0.809. The zero-order valence-electron chi connectivity index (χ0n) is 12.0. The molecule has 0 radical (unpaired) electrons. The lowest BCUT2D eigenvalue weighted by Crippen LogP contribution is -2.12. The van der Waals surface area contributed by atoms with Crippen molar-refractivity contribution in [1.82, 2.24) is 10.3 Å². The van der Waals surface area contributed by atoms with Gasteiger partial charge in [-0.2, -0.15) is 0 Å². The summed E-state index contributed by atoms with van der Waals surface area (Å²) >= 11 is 1.81. The van der Waals surface area contributed by atoms with Gasteiger partial charge in [-0.05, 0) is 43.5 Å². The van der Waals surface area contributed by atoms with Gasteiger partial charge in [-0.3, -0.25) is 0 Å². The lowest BCUT2D eigenvalue weighted by molar-refractivity contribution is 0.681. The van der Waals surface area contributed by atoms with E-state index in [2.05, 4.69) is 49.3 Å². The number of thiazole rings is 1. The molecule has 1 N–H and O–H groups in total. The van der Waals surface area contributed by atoms with Gasteiger partial charge in [0, 0.05) is 24.0 Å². The summed E-state index contributed by atoms with van der Waals surface area (Å²) in [5.74, 6) is 0. The van der Waals surface area contributed by atoms with E-state index >= 15 is 0 Å². The molecule has 0 unspecified atom stereocenters. The molecule has 0 amide bonds. The molecule has 1 aromatic carbocycles. The third-order valence-corrected chi connectivity index (χ3v) is 4.25. The standard InChI is InChI=1S/C16H22N2S/c1-4-7-17-10-15-11-18-16(19-15)9-14-6-5-12(2)13(3)8-14/h5-6,8,11,17H,4,7,9-10H2,1-3H3. The Morgan fingerprint density at radius 3 is 2.79 bits per heavy atom. The highest BCUT2D eigenvalue weighted by molar-refractivity contribution is 7.11. The Morgan fingerprint density at radius 2 is 2.05 bits per heavy atom. The number of nitrogens with one attached hydrogen (secondary N) is 1. The molecule has 2 nitrogen and oxygen atoms in total. The van der Waals surface area contributed by atoms with Crippen molar-refractivity contribution in [1.29, 1.82) is 0 Å². The molecule has 0 saturated carbocycles. The highest BCUT2D eigenvalue weighted by Gasteiger charge is 2.04. The summed E-state index contributed by atoms with van der Waals surface area (Å²) in [5.41, 5.74) is 4.07. The van der Waals surface area contributed by atoms with E-state index in [1.165, 1.54) is 33.0 Å². The van der Waals surface area contributed by atoms with Gasteiger partial charge in [-0.25, -0.2) is 4.98 Å². The Labute approximate surface area is 119 Å². The van der Waals surface area contributed by atoms with Crippen molar-refractivity contribution in [2.75, 3.05) is 6.54 Å². The van der Waals surface area contributed by atoms with Gasteiger partial charge in [0.15, 0.2) is 0 Å². The maximum Gasteiger partial charge on any atom is 0.0972 e. The minimum atomic E-state index is 0.943. The third-order valence-electron chi connectivity index (χ3n) is 3.25. The molecule has 19 heavy (non-hydrogen) atoms. The van der Waals surface area contributed by atoms with Crippen molar-refractivity contribution in [3.05, 3.63) is 51.0 Å². The summed E-state index contributed by atoms with van der Waals surface area (Å²) in [4.78, 5) is 5.85. The van der Waals surface area contributed by atoms with E-state index in [1.54, 1.807) is 0 Å². The molecule has 102 valence electrons. The van der Waals surface area contributed by atoms with E-state index in [4.69, 9.17) is 0 Å². The minimum absolute atomic E-state index is 0.943. The zero-order valence-corrected chi connectivity index (χ0v) is 12.8. The zero-order chi connectivity index (χ0) is 13.7. The molecule has 1 aromatic heterocycles. The lowest BCUT2D eigenvalue weighted by Gasteiger charge is -2.03. The summed E-state index contributed by atoms with van der Waals surface area (Å²) in [6, 6.07) is 6.67. The summed E-state index contributed by atoms with van der Waals surface area (Å²) in [6.07, 6.45) is 4.12. The molecule has 0 saturated heterocycles. The largest absolute Gasteiger partial charge is 0.312 e. The molecule has 0 aliphatic heterocycles. The number of nitrogens with zero attached hydrogens (tertiary/aromatic N) is 1. The van der Waals surface area contributed by atoms with Crippen LogP contribution in [0.5, 0.6) is 0 Å². The first kappa shape index (κ1) is 14.2. The van der Waals surface area contributed by atoms with E-state index < -0.39 is 0 Å². The number of aryl methyl sites for hydroxylation is 2. The fourth-order valence-electron chi connectivity index (χ4n) is 1.99. The van der Waals surface area contributed by atoms with Gasteiger partial charge in [0.05, 0.1) is 5.01 Å². The molecule has 0 bridgehead atoms. The van der Waals surface area contributed by atoms with Gasteiger partial charge in [-0.1, -0.05) is 25.1 Å². The van der Waals surface area contributed by atoms with Crippen LogP contribution in [0, 0.1) is 13.8 Å². The highest BCUT2D eigenvalue weighted by Crippen LogP contribution is 2.18. The first-order valence-electron chi connectivity index (χ1n) is 6.89. The van der Waals surface area contributed by atoms with Crippen LogP contribution in [-0.4, -0.2) is 11.5 Å². The maximum atomic E-state index is 4.52. The minimum Gasteiger partial charge on any atom is -0.312 e. The first-order valence-corrected chi connectivity index (χ1v) is 7.71. The van der Waals surface area contributed by atoms with Crippen molar-refractivity contribution in [3.8, 4) is 0 Å². The van der Waals surface area contributed by atoms with Crippen LogP contribution in [0.1, 0.15) is 39.9 Å². The van der Waals surface area contributed by atoms with Gasteiger partial charge in [0.2, 0.25) is 0 Å². The summed E-state index contributed by atoms with van der Waals surface area (Å²) in [6.45, 7) is 8.52. The lowest BCUT2D eigenvalue weighted by atomic mass is 10.0. The molecule has 0 atom stereocenters. The Kier molecular flexibility index (Phi) is 5.11. The Balaban J connectivity index is 1.97. The van der Waals surface area contributed by atoms with Crippen molar-refractivity contribution in [3.63, 3.8) is 0 Å². The second-order valence-electron chi connectivity index (χ2n) is 4.99. The Bertz CT molecular complexity index is 531. The summed E-state index contributed by atoms with van der Waals surface area (Å²) in [5, 5.41) is 4.62. The SMILES string of the molecule is CCCNCc1cnc(Cc2ccc(C)c(C)c2)s1. The van der Waals surface area contributed by atoms with Crippen LogP contribution in [0.3, 0.4) is 0 Å². The summed E-state index contributed by atoms with van der Waals surface area (Å²) < 4.78 is 0. The second kappa shape index (κ2) is 6.83. The molecule has 2 rings (SSSR count). The van der Waals surface area contributed by atoms with E-state index in [-0.39, 0.29) is 0 Å². The van der Waals surface area contributed by atoms with E-state index in [0.717, 1.165) is 19.5 Å². The molecule has 0 spiro atoms.